The Hall–Kier alpha value is -1.52. The lowest BCUT2D eigenvalue weighted by Crippen LogP contribution is -2.04. The molecule has 0 saturated heterocycles. The van der Waals surface area contributed by atoms with Crippen molar-refractivity contribution < 1.29 is 4.74 Å². The maximum atomic E-state index is 5.26. The normalized spacial score (nSPS) is 12.3. The lowest BCUT2D eigenvalue weighted by Gasteiger charge is -2.14. The van der Waals surface area contributed by atoms with Gasteiger partial charge < -0.3 is 10.1 Å². The Labute approximate surface area is 136 Å². The monoisotopic (exact) mass is 361 g/mol. The van der Waals surface area contributed by atoms with Crippen LogP contribution in [0.15, 0.2) is 53.0 Å². The van der Waals surface area contributed by atoms with Crippen LogP contribution < -0.4 is 10.1 Å². The molecule has 0 aliphatic rings. The second kappa shape index (κ2) is 6.08. The van der Waals surface area contributed by atoms with Crippen LogP contribution in [0.2, 0.25) is 0 Å². The molecule has 2 aromatic carbocycles. The summed E-state index contributed by atoms with van der Waals surface area (Å²) in [5, 5.41) is 4.84. The summed E-state index contributed by atoms with van der Waals surface area (Å²) >= 11 is 5.36. The SMILES string of the molecule is COc1ccc(NC(C)c2cc3ccccc3s2)cc1Br. The van der Waals surface area contributed by atoms with Gasteiger partial charge in [0.2, 0.25) is 0 Å². The van der Waals surface area contributed by atoms with E-state index >= 15 is 0 Å². The third kappa shape index (κ3) is 3.06. The van der Waals surface area contributed by atoms with Crippen LogP contribution in [-0.2, 0) is 0 Å². The number of hydrogen-bond acceptors (Lipinski definition) is 3. The third-order valence-electron chi connectivity index (χ3n) is 3.41. The number of halogens is 1. The van der Waals surface area contributed by atoms with Crippen molar-refractivity contribution in [2.45, 2.75) is 13.0 Å². The highest BCUT2D eigenvalue weighted by Gasteiger charge is 2.10. The Balaban J connectivity index is 1.82. The fraction of sp³-hybridized carbons (Fsp3) is 0.176. The average molecular weight is 362 g/mol. The van der Waals surface area contributed by atoms with Crippen LogP contribution in [0, 0.1) is 0 Å². The van der Waals surface area contributed by atoms with Gasteiger partial charge >= 0.3 is 0 Å². The van der Waals surface area contributed by atoms with Gasteiger partial charge in [0, 0.05) is 15.3 Å². The smallest absolute Gasteiger partial charge is 0.133 e. The molecule has 4 heteroatoms. The molecule has 0 amide bonds. The molecule has 0 radical (unpaired) electrons. The van der Waals surface area contributed by atoms with E-state index in [9.17, 15) is 0 Å². The maximum Gasteiger partial charge on any atom is 0.133 e. The predicted molar refractivity (Wildman–Crippen MR) is 94.6 cm³/mol. The van der Waals surface area contributed by atoms with Crippen LogP contribution in [0.25, 0.3) is 10.1 Å². The van der Waals surface area contributed by atoms with Crippen molar-refractivity contribution in [2.75, 3.05) is 12.4 Å². The summed E-state index contributed by atoms with van der Waals surface area (Å²) in [6, 6.07) is 17.1. The van der Waals surface area contributed by atoms with Gasteiger partial charge in [0.1, 0.15) is 5.75 Å². The van der Waals surface area contributed by atoms with E-state index in [0.717, 1.165) is 15.9 Å². The minimum absolute atomic E-state index is 0.266. The summed E-state index contributed by atoms with van der Waals surface area (Å²) < 4.78 is 7.54. The zero-order valence-electron chi connectivity index (χ0n) is 11.9. The van der Waals surface area contributed by atoms with E-state index in [4.69, 9.17) is 4.74 Å². The second-order valence-corrected chi connectivity index (χ2v) is 6.87. The lowest BCUT2D eigenvalue weighted by atomic mass is 10.2. The first-order valence-corrected chi connectivity index (χ1v) is 8.37. The first kappa shape index (κ1) is 14.4. The highest BCUT2D eigenvalue weighted by molar-refractivity contribution is 9.10. The van der Waals surface area contributed by atoms with Gasteiger partial charge in [0.15, 0.2) is 0 Å². The van der Waals surface area contributed by atoms with Crippen molar-refractivity contribution in [2.24, 2.45) is 0 Å². The molecule has 1 N–H and O–H groups in total. The number of fused-ring (bicyclic) bond motifs is 1. The van der Waals surface area contributed by atoms with Crippen LogP contribution in [0.1, 0.15) is 17.8 Å². The number of hydrogen-bond donors (Lipinski definition) is 1. The zero-order chi connectivity index (χ0) is 14.8. The highest BCUT2D eigenvalue weighted by Crippen LogP contribution is 2.33. The van der Waals surface area contributed by atoms with Gasteiger partial charge in [-0.2, -0.15) is 0 Å². The molecule has 3 rings (SSSR count). The molecular formula is C17H16BrNOS. The minimum Gasteiger partial charge on any atom is -0.496 e. The van der Waals surface area contributed by atoms with Crippen molar-refractivity contribution >= 4 is 43.0 Å². The molecule has 1 heterocycles. The molecule has 108 valence electrons. The molecule has 3 aromatic rings. The van der Waals surface area contributed by atoms with E-state index in [0.29, 0.717) is 0 Å². The summed E-state index contributed by atoms with van der Waals surface area (Å²) in [6.45, 7) is 2.18. The van der Waals surface area contributed by atoms with Crippen LogP contribution in [-0.4, -0.2) is 7.11 Å². The standard InChI is InChI=1S/C17H16BrNOS/c1-11(17-9-12-5-3-4-6-16(12)21-17)19-13-7-8-15(20-2)14(18)10-13/h3-11,19H,1-2H3. The summed E-state index contributed by atoms with van der Waals surface area (Å²) in [7, 11) is 1.67. The minimum atomic E-state index is 0.266. The van der Waals surface area contributed by atoms with Crippen molar-refractivity contribution in [1.82, 2.24) is 0 Å². The Morgan fingerprint density at radius 1 is 1.14 bits per heavy atom. The molecule has 0 aliphatic carbocycles. The van der Waals surface area contributed by atoms with Crippen molar-refractivity contribution in [3.8, 4) is 5.75 Å². The molecule has 0 aliphatic heterocycles. The van der Waals surface area contributed by atoms with Crippen molar-refractivity contribution in [1.29, 1.82) is 0 Å². The second-order valence-electron chi connectivity index (χ2n) is 4.90. The van der Waals surface area contributed by atoms with Crippen molar-refractivity contribution in [3.05, 3.63) is 57.9 Å². The number of methoxy groups -OCH3 is 1. The van der Waals surface area contributed by atoms with Gasteiger partial charge in [-0.25, -0.2) is 0 Å². The van der Waals surface area contributed by atoms with Crippen molar-refractivity contribution in [3.63, 3.8) is 0 Å². The first-order valence-electron chi connectivity index (χ1n) is 6.76. The summed E-state index contributed by atoms with van der Waals surface area (Å²) in [5.41, 5.74) is 1.08. The molecule has 21 heavy (non-hydrogen) atoms. The molecule has 2 nitrogen and oxygen atoms in total. The topological polar surface area (TPSA) is 21.3 Å². The molecule has 1 unspecified atom stereocenters. The average Bonchev–Trinajstić information content (AvgIpc) is 2.91. The Kier molecular flexibility index (Phi) is 4.17. The fourth-order valence-corrected chi connectivity index (χ4v) is 3.90. The third-order valence-corrected chi connectivity index (χ3v) is 5.32. The van der Waals surface area contributed by atoms with Crippen LogP contribution >= 0.6 is 27.3 Å². The van der Waals surface area contributed by atoms with E-state index in [1.165, 1.54) is 15.0 Å². The molecule has 0 fully saturated rings. The Morgan fingerprint density at radius 2 is 1.95 bits per heavy atom. The number of nitrogens with one attached hydrogen (secondary N) is 1. The summed E-state index contributed by atoms with van der Waals surface area (Å²) in [4.78, 5) is 1.34. The Morgan fingerprint density at radius 3 is 2.67 bits per heavy atom. The number of thiophene rings is 1. The predicted octanol–water partition coefficient (Wildman–Crippen LogP) is 5.85. The van der Waals surface area contributed by atoms with E-state index in [1.807, 2.05) is 29.5 Å². The first-order chi connectivity index (χ1) is 10.2. The molecule has 0 bridgehead atoms. The van der Waals surface area contributed by atoms with Crippen LogP contribution in [0.3, 0.4) is 0 Å². The van der Waals surface area contributed by atoms with E-state index < -0.39 is 0 Å². The van der Waals surface area contributed by atoms with Gasteiger partial charge in [-0.15, -0.1) is 11.3 Å². The molecule has 0 spiro atoms. The van der Waals surface area contributed by atoms with Crippen LogP contribution in [0.4, 0.5) is 5.69 Å². The van der Waals surface area contributed by atoms with Crippen LogP contribution in [0.5, 0.6) is 5.75 Å². The summed E-state index contributed by atoms with van der Waals surface area (Å²) in [6.07, 6.45) is 0. The lowest BCUT2D eigenvalue weighted by molar-refractivity contribution is 0.412. The fourth-order valence-electron chi connectivity index (χ4n) is 2.29. The summed E-state index contributed by atoms with van der Waals surface area (Å²) in [5.74, 6) is 0.843. The molecule has 0 saturated carbocycles. The van der Waals surface area contributed by atoms with Gasteiger partial charge in [0.05, 0.1) is 17.6 Å². The molecule has 1 aromatic heterocycles. The van der Waals surface area contributed by atoms with Gasteiger partial charge in [-0.1, -0.05) is 18.2 Å². The number of benzene rings is 2. The zero-order valence-corrected chi connectivity index (χ0v) is 14.3. The van der Waals surface area contributed by atoms with E-state index in [-0.39, 0.29) is 6.04 Å². The Bertz CT molecular complexity index is 735. The van der Waals surface area contributed by atoms with E-state index in [1.54, 1.807) is 7.11 Å². The maximum absolute atomic E-state index is 5.26. The number of ether oxygens (including phenoxy) is 1. The van der Waals surface area contributed by atoms with Gasteiger partial charge in [0.25, 0.3) is 0 Å². The van der Waals surface area contributed by atoms with E-state index in [2.05, 4.69) is 58.5 Å². The largest absolute Gasteiger partial charge is 0.496 e. The quantitative estimate of drug-likeness (QED) is 0.629. The molecular weight excluding hydrogens is 346 g/mol. The number of anilines is 1. The molecule has 1 atom stereocenters. The van der Waals surface area contributed by atoms with Gasteiger partial charge in [-0.05, 0) is 58.6 Å². The highest BCUT2D eigenvalue weighted by atomic mass is 79.9. The number of rotatable bonds is 4. The van der Waals surface area contributed by atoms with Gasteiger partial charge in [-0.3, -0.25) is 0 Å².